The Morgan fingerprint density at radius 3 is 2.93 bits per heavy atom. The molecule has 2 amide bonds. The number of nitrogens with one attached hydrogen (secondary N) is 1. The van der Waals surface area contributed by atoms with Crippen LogP contribution >= 0.6 is 0 Å². The summed E-state index contributed by atoms with van der Waals surface area (Å²) in [5, 5.41) is 2.98. The smallest absolute Gasteiger partial charge is 0.244 e. The summed E-state index contributed by atoms with van der Waals surface area (Å²) in [4.78, 5) is 39.2. The predicted molar refractivity (Wildman–Crippen MR) is 105 cm³/mol. The van der Waals surface area contributed by atoms with Crippen LogP contribution < -0.4 is 15.9 Å². The zero-order valence-corrected chi connectivity index (χ0v) is 15.8. The molecule has 2 heterocycles. The van der Waals surface area contributed by atoms with E-state index in [1.165, 1.54) is 0 Å². The number of primary amides is 1. The van der Waals surface area contributed by atoms with Crippen LogP contribution in [0.2, 0.25) is 0 Å². The van der Waals surface area contributed by atoms with Crippen LogP contribution in [0.4, 0.5) is 0 Å². The first-order valence-electron chi connectivity index (χ1n) is 9.32. The summed E-state index contributed by atoms with van der Waals surface area (Å²) < 4.78 is 0. The first-order chi connectivity index (χ1) is 14.1. The Bertz CT molecular complexity index is 1000. The van der Waals surface area contributed by atoms with Crippen molar-refractivity contribution in [3.63, 3.8) is 0 Å². The van der Waals surface area contributed by atoms with Crippen molar-refractivity contribution in [2.24, 2.45) is 11.1 Å². The molecule has 1 atom stereocenters. The molecular weight excluding hydrogens is 370 g/mol. The highest BCUT2D eigenvalue weighted by molar-refractivity contribution is 5.95. The van der Waals surface area contributed by atoms with Crippen LogP contribution in [0.15, 0.2) is 66.5 Å². The molecule has 4 rings (SSSR count). The van der Waals surface area contributed by atoms with Crippen LogP contribution in [0.5, 0.6) is 5.75 Å². The minimum atomic E-state index is -0.921. The van der Waals surface area contributed by atoms with E-state index in [1.54, 1.807) is 24.5 Å². The third-order valence-electron chi connectivity index (χ3n) is 5.17. The van der Waals surface area contributed by atoms with E-state index in [0.29, 0.717) is 30.9 Å². The van der Waals surface area contributed by atoms with Gasteiger partial charge in [-0.2, -0.15) is 4.89 Å². The normalized spacial score (nSPS) is 19.8. The summed E-state index contributed by atoms with van der Waals surface area (Å²) in [5.41, 5.74) is 7.79. The Morgan fingerprint density at radius 1 is 1.24 bits per heavy atom. The summed E-state index contributed by atoms with van der Waals surface area (Å²) in [6, 6.07) is 9.41. The fraction of sp³-hybridized carbons (Fsp3) is 0.227. The van der Waals surface area contributed by atoms with E-state index in [4.69, 9.17) is 15.5 Å². The molecule has 1 aromatic carbocycles. The number of nitrogens with zero attached hydrogens (tertiary/aromatic N) is 1. The van der Waals surface area contributed by atoms with E-state index in [2.05, 4.69) is 10.3 Å². The number of rotatable bonds is 6. The molecule has 2 aliphatic rings. The van der Waals surface area contributed by atoms with Crippen LogP contribution in [0.25, 0.3) is 0 Å². The maximum Gasteiger partial charge on any atom is 0.244 e. The number of benzene rings is 1. The van der Waals surface area contributed by atoms with Crippen molar-refractivity contribution in [2.45, 2.75) is 26.0 Å². The number of aromatic nitrogens is 1. The molecule has 0 saturated carbocycles. The topological polar surface area (TPSA) is 104 Å². The lowest BCUT2D eigenvalue weighted by molar-refractivity contribution is -0.194. The summed E-state index contributed by atoms with van der Waals surface area (Å²) in [7, 11) is 0. The van der Waals surface area contributed by atoms with Crippen LogP contribution in [0.3, 0.4) is 0 Å². The molecule has 1 aliphatic heterocycles. The zero-order valence-electron chi connectivity index (χ0n) is 15.8. The van der Waals surface area contributed by atoms with Crippen molar-refractivity contribution < 1.29 is 19.4 Å². The van der Waals surface area contributed by atoms with Gasteiger partial charge >= 0.3 is 0 Å². The van der Waals surface area contributed by atoms with Gasteiger partial charge in [-0.1, -0.05) is 30.4 Å². The molecular formula is C22H21N3O4. The van der Waals surface area contributed by atoms with E-state index in [1.807, 2.05) is 36.4 Å². The molecule has 1 aromatic heterocycles. The summed E-state index contributed by atoms with van der Waals surface area (Å²) in [5.74, 6) is -0.00674. The molecule has 7 nitrogen and oxygen atoms in total. The average Bonchev–Trinajstić information content (AvgIpc) is 3.20. The predicted octanol–water partition coefficient (Wildman–Crippen LogP) is 2.12. The number of hydrogen-bond acceptors (Lipinski definition) is 5. The molecule has 2 aromatic rings. The molecule has 0 saturated heterocycles. The average molecular weight is 391 g/mol. The van der Waals surface area contributed by atoms with Gasteiger partial charge in [0.25, 0.3) is 0 Å². The third kappa shape index (κ3) is 4.05. The van der Waals surface area contributed by atoms with Crippen LogP contribution in [0, 0.1) is 5.41 Å². The molecule has 1 unspecified atom stereocenters. The number of amides is 2. The lowest BCUT2D eigenvalue weighted by atomic mass is 9.72. The highest BCUT2D eigenvalue weighted by Gasteiger charge is 2.39. The van der Waals surface area contributed by atoms with Gasteiger partial charge in [-0.3, -0.25) is 14.6 Å². The van der Waals surface area contributed by atoms with Gasteiger partial charge in [-0.25, -0.2) is 0 Å². The zero-order chi connectivity index (χ0) is 20.3. The Labute approximate surface area is 168 Å². The van der Waals surface area contributed by atoms with Crippen molar-refractivity contribution in [3.8, 4) is 5.75 Å². The fourth-order valence-electron chi connectivity index (χ4n) is 3.65. The SMILES string of the molecule is NC(=O)C1=CC=CC(Cc2ccc3c(c2)COO3)(C(=O)NCc2cccnc2)C1. The highest BCUT2D eigenvalue weighted by atomic mass is 17.2. The highest BCUT2D eigenvalue weighted by Crippen LogP contribution is 2.37. The first-order valence-corrected chi connectivity index (χ1v) is 9.32. The molecule has 1 aliphatic carbocycles. The maximum atomic E-state index is 13.3. The molecule has 7 heteroatoms. The number of hydrogen-bond donors (Lipinski definition) is 2. The van der Waals surface area contributed by atoms with Crippen LogP contribution in [-0.4, -0.2) is 16.8 Å². The van der Waals surface area contributed by atoms with Crippen molar-refractivity contribution in [3.05, 3.63) is 83.2 Å². The largest absolute Gasteiger partial charge is 0.366 e. The minimum Gasteiger partial charge on any atom is -0.366 e. The van der Waals surface area contributed by atoms with E-state index in [-0.39, 0.29) is 12.3 Å². The minimum absolute atomic E-state index is 0.169. The monoisotopic (exact) mass is 391 g/mol. The van der Waals surface area contributed by atoms with Gasteiger partial charge < -0.3 is 15.9 Å². The Hall–Kier alpha value is -3.45. The Kier molecular flexibility index (Phi) is 5.14. The molecule has 29 heavy (non-hydrogen) atoms. The van der Waals surface area contributed by atoms with Crippen LogP contribution in [-0.2, 0) is 34.0 Å². The maximum absolute atomic E-state index is 13.3. The third-order valence-corrected chi connectivity index (χ3v) is 5.17. The number of fused-ring (bicyclic) bond motifs is 1. The summed E-state index contributed by atoms with van der Waals surface area (Å²) >= 11 is 0. The van der Waals surface area contributed by atoms with Crippen molar-refractivity contribution in [1.82, 2.24) is 10.3 Å². The Balaban J connectivity index is 1.59. The van der Waals surface area contributed by atoms with Crippen molar-refractivity contribution >= 4 is 11.8 Å². The number of nitrogens with two attached hydrogens (primary N) is 1. The second-order valence-corrected chi connectivity index (χ2v) is 7.26. The summed E-state index contributed by atoms with van der Waals surface area (Å²) in [6.07, 6.45) is 9.29. The molecule has 3 N–H and O–H groups in total. The lowest BCUT2D eigenvalue weighted by Gasteiger charge is -2.32. The molecule has 0 spiro atoms. The van der Waals surface area contributed by atoms with Gasteiger partial charge in [0, 0.05) is 30.1 Å². The van der Waals surface area contributed by atoms with E-state index in [9.17, 15) is 9.59 Å². The van der Waals surface area contributed by atoms with E-state index in [0.717, 1.165) is 16.7 Å². The number of pyridine rings is 1. The molecule has 0 radical (unpaired) electrons. The lowest BCUT2D eigenvalue weighted by Crippen LogP contribution is -2.43. The second kappa shape index (κ2) is 7.89. The van der Waals surface area contributed by atoms with Crippen molar-refractivity contribution in [1.29, 1.82) is 0 Å². The second-order valence-electron chi connectivity index (χ2n) is 7.26. The van der Waals surface area contributed by atoms with E-state index >= 15 is 0 Å². The number of carbonyl (C=O) groups excluding carboxylic acids is 2. The van der Waals surface area contributed by atoms with Gasteiger partial charge in [0.15, 0.2) is 5.75 Å². The van der Waals surface area contributed by atoms with Gasteiger partial charge in [0.2, 0.25) is 11.8 Å². The van der Waals surface area contributed by atoms with Gasteiger partial charge in [-0.05, 0) is 42.2 Å². The van der Waals surface area contributed by atoms with Gasteiger partial charge in [0.05, 0.1) is 5.41 Å². The number of carbonyl (C=O) groups is 2. The van der Waals surface area contributed by atoms with Gasteiger partial charge in [-0.15, -0.1) is 0 Å². The molecule has 0 fully saturated rings. The van der Waals surface area contributed by atoms with E-state index < -0.39 is 11.3 Å². The fourth-order valence-corrected chi connectivity index (χ4v) is 3.65. The van der Waals surface area contributed by atoms with Crippen LogP contribution in [0.1, 0.15) is 23.1 Å². The molecule has 148 valence electrons. The first kappa shape index (κ1) is 18.9. The summed E-state index contributed by atoms with van der Waals surface area (Å²) in [6.45, 7) is 0.718. The van der Waals surface area contributed by atoms with Crippen molar-refractivity contribution in [2.75, 3.05) is 0 Å². The molecule has 0 bridgehead atoms. The quantitative estimate of drug-likeness (QED) is 0.734. The number of allylic oxidation sites excluding steroid dienone is 2. The Morgan fingerprint density at radius 2 is 2.14 bits per heavy atom. The van der Waals surface area contributed by atoms with Gasteiger partial charge in [0.1, 0.15) is 6.61 Å². The standard InChI is InChI=1S/C22H21N3O4/c23-20(26)17-4-1-7-22(11-17,21(27)25-13-16-3-2-8-24-12-16)10-15-5-6-19-18(9-15)14-28-29-19/h1-9,12H,10-11,13-14H2,(H2,23,26)(H,25,27).